The number of hydrogen-bond acceptors (Lipinski definition) is 6. The van der Waals surface area contributed by atoms with Crippen LogP contribution in [-0.2, 0) is 22.0 Å². The van der Waals surface area contributed by atoms with Gasteiger partial charge in [-0.15, -0.1) is 11.3 Å². The number of carbonyl (C=O) groups excluding carboxylic acids is 1. The minimum Gasteiger partial charge on any atom is -0.336 e. The van der Waals surface area contributed by atoms with Crippen LogP contribution in [0.15, 0.2) is 24.5 Å². The number of nitrogens with zero attached hydrogens (tertiary/aromatic N) is 3. The normalized spacial score (nSPS) is 18.2. The topological polar surface area (TPSA) is 62.6 Å². The van der Waals surface area contributed by atoms with E-state index in [4.69, 9.17) is 0 Å². The summed E-state index contributed by atoms with van der Waals surface area (Å²) in [4.78, 5) is 18.9. The summed E-state index contributed by atoms with van der Waals surface area (Å²) in [6.07, 6.45) is 6.23. The Labute approximate surface area is 174 Å². The van der Waals surface area contributed by atoms with Crippen molar-refractivity contribution in [2.45, 2.75) is 12.2 Å². The number of thiophene rings is 1. The Hall–Kier alpha value is -1.29. The fourth-order valence-electron chi connectivity index (χ4n) is 3.72. The number of rotatable bonds is 5. The number of hydrogen-bond donors (Lipinski definition) is 0. The molecule has 1 amide bonds. The van der Waals surface area contributed by atoms with Gasteiger partial charge in [-0.25, -0.2) is 8.42 Å². The third-order valence-electron chi connectivity index (χ3n) is 5.29. The molecule has 0 spiro atoms. The molecule has 0 radical (unpaired) electrons. The summed E-state index contributed by atoms with van der Waals surface area (Å²) in [5.74, 6) is 2.35. The molecular formula is C19H25N3O3S3. The molecule has 0 unspecified atom stereocenters. The quantitative estimate of drug-likeness (QED) is 0.714. The van der Waals surface area contributed by atoms with Gasteiger partial charge in [-0.2, -0.15) is 11.8 Å². The first kappa shape index (κ1) is 20.0. The fourth-order valence-corrected chi connectivity index (χ4v) is 6.75. The summed E-state index contributed by atoms with van der Waals surface area (Å²) >= 11 is 3.67. The van der Waals surface area contributed by atoms with E-state index in [1.54, 1.807) is 11.3 Å². The second-order valence-corrected chi connectivity index (χ2v) is 11.8. The van der Waals surface area contributed by atoms with Crippen LogP contribution < -0.4 is 0 Å². The van der Waals surface area contributed by atoms with E-state index in [2.05, 4.69) is 9.47 Å². The van der Waals surface area contributed by atoms with Crippen LogP contribution in [0.25, 0.3) is 5.00 Å². The van der Waals surface area contributed by atoms with Crippen LogP contribution in [0.5, 0.6) is 0 Å². The van der Waals surface area contributed by atoms with Gasteiger partial charge >= 0.3 is 0 Å². The van der Waals surface area contributed by atoms with Gasteiger partial charge in [0.25, 0.3) is 5.91 Å². The van der Waals surface area contributed by atoms with Crippen LogP contribution in [0.2, 0.25) is 0 Å². The molecule has 152 valence electrons. The Morgan fingerprint density at radius 1 is 1.14 bits per heavy atom. The van der Waals surface area contributed by atoms with Crippen molar-refractivity contribution in [1.82, 2.24) is 14.4 Å². The molecule has 4 heterocycles. The molecule has 2 aromatic rings. The zero-order chi connectivity index (χ0) is 19.7. The number of aromatic nitrogens is 1. The van der Waals surface area contributed by atoms with E-state index in [1.165, 1.54) is 16.7 Å². The van der Waals surface area contributed by atoms with E-state index < -0.39 is 9.84 Å². The highest BCUT2D eigenvalue weighted by atomic mass is 32.2. The molecular weight excluding hydrogens is 414 g/mol. The number of fused-ring (bicyclic) bond motifs is 1. The van der Waals surface area contributed by atoms with Crippen molar-refractivity contribution in [2.75, 3.05) is 50.5 Å². The molecule has 0 N–H and O–H groups in total. The van der Waals surface area contributed by atoms with Gasteiger partial charge < -0.3 is 9.47 Å². The minimum absolute atomic E-state index is 0.121. The van der Waals surface area contributed by atoms with Crippen LogP contribution in [0, 0.1) is 0 Å². The first-order chi connectivity index (χ1) is 13.4. The minimum atomic E-state index is -2.96. The van der Waals surface area contributed by atoms with Gasteiger partial charge in [0.1, 0.15) is 14.8 Å². The standard InChI is InChI=1S/C19H25N3O3S3/c1-28(24,25)13-11-20-7-9-21(10-8-20)18(23)17-15-4-12-26-14-16(15)27-19(17)22-5-2-3-6-22/h2-3,5-6H,4,7-14H2,1H3. The number of sulfone groups is 1. The second kappa shape index (κ2) is 8.22. The van der Waals surface area contributed by atoms with E-state index in [-0.39, 0.29) is 11.7 Å². The van der Waals surface area contributed by atoms with Crippen LogP contribution in [0.1, 0.15) is 20.8 Å². The number of amides is 1. The average molecular weight is 440 g/mol. The van der Waals surface area contributed by atoms with E-state index in [0.717, 1.165) is 41.6 Å². The lowest BCUT2D eigenvalue weighted by molar-refractivity contribution is 0.0643. The van der Waals surface area contributed by atoms with Gasteiger partial charge in [0.05, 0.1) is 11.3 Å². The number of piperazine rings is 1. The SMILES string of the molecule is CS(=O)(=O)CCN1CCN(C(=O)c2c(-n3cccc3)sc3c2CCSC3)CC1. The monoisotopic (exact) mass is 439 g/mol. The van der Waals surface area contributed by atoms with Gasteiger partial charge in [-0.3, -0.25) is 9.69 Å². The van der Waals surface area contributed by atoms with Crippen LogP contribution in [0.4, 0.5) is 0 Å². The van der Waals surface area contributed by atoms with E-state index >= 15 is 0 Å². The van der Waals surface area contributed by atoms with Crippen LogP contribution >= 0.6 is 23.1 Å². The van der Waals surface area contributed by atoms with Crippen molar-refractivity contribution >= 4 is 38.8 Å². The molecule has 1 fully saturated rings. The lowest BCUT2D eigenvalue weighted by Gasteiger charge is -2.35. The summed E-state index contributed by atoms with van der Waals surface area (Å²) in [7, 11) is -2.96. The lowest BCUT2D eigenvalue weighted by atomic mass is 10.1. The molecule has 0 bridgehead atoms. The molecule has 0 aromatic carbocycles. The molecule has 0 aliphatic carbocycles. The maximum atomic E-state index is 13.5. The second-order valence-electron chi connectivity index (χ2n) is 7.34. The van der Waals surface area contributed by atoms with Gasteiger partial charge in [0.2, 0.25) is 0 Å². The van der Waals surface area contributed by atoms with E-state index in [0.29, 0.717) is 19.6 Å². The zero-order valence-electron chi connectivity index (χ0n) is 16.0. The number of thioether (sulfide) groups is 1. The van der Waals surface area contributed by atoms with Crippen molar-refractivity contribution in [1.29, 1.82) is 0 Å². The van der Waals surface area contributed by atoms with E-state index in [1.807, 2.05) is 41.2 Å². The Balaban J connectivity index is 1.52. The van der Waals surface area contributed by atoms with Crippen molar-refractivity contribution in [3.8, 4) is 5.00 Å². The highest BCUT2D eigenvalue weighted by molar-refractivity contribution is 7.98. The first-order valence-corrected chi connectivity index (χ1v) is 13.5. The Morgan fingerprint density at radius 2 is 1.86 bits per heavy atom. The predicted octanol–water partition coefficient (Wildman–Crippen LogP) is 2.13. The summed E-state index contributed by atoms with van der Waals surface area (Å²) in [6, 6.07) is 3.98. The molecule has 0 saturated carbocycles. The summed E-state index contributed by atoms with van der Waals surface area (Å²) in [6.45, 7) is 3.28. The Bertz CT molecular complexity index is 943. The zero-order valence-corrected chi connectivity index (χ0v) is 18.4. The predicted molar refractivity (Wildman–Crippen MR) is 116 cm³/mol. The summed E-state index contributed by atoms with van der Waals surface area (Å²) in [5.41, 5.74) is 2.11. The molecule has 1 saturated heterocycles. The Morgan fingerprint density at radius 3 is 2.54 bits per heavy atom. The highest BCUT2D eigenvalue weighted by Gasteiger charge is 2.31. The third kappa shape index (κ3) is 4.32. The van der Waals surface area contributed by atoms with E-state index in [9.17, 15) is 13.2 Å². The van der Waals surface area contributed by atoms with Crippen molar-refractivity contribution in [3.05, 3.63) is 40.5 Å². The highest BCUT2D eigenvalue weighted by Crippen LogP contribution is 2.39. The summed E-state index contributed by atoms with van der Waals surface area (Å²) < 4.78 is 24.8. The summed E-state index contributed by atoms with van der Waals surface area (Å²) in [5, 5.41) is 1.03. The molecule has 9 heteroatoms. The average Bonchev–Trinajstić information content (AvgIpc) is 3.33. The molecule has 4 rings (SSSR count). The maximum absolute atomic E-state index is 13.5. The maximum Gasteiger partial charge on any atom is 0.257 e. The van der Waals surface area contributed by atoms with Gasteiger partial charge in [0.15, 0.2) is 0 Å². The molecule has 2 aliphatic rings. The lowest BCUT2D eigenvalue weighted by Crippen LogP contribution is -2.49. The molecule has 28 heavy (non-hydrogen) atoms. The van der Waals surface area contributed by atoms with Crippen molar-refractivity contribution in [3.63, 3.8) is 0 Å². The molecule has 6 nitrogen and oxygen atoms in total. The fraction of sp³-hybridized carbons (Fsp3) is 0.526. The van der Waals surface area contributed by atoms with Gasteiger partial charge in [-0.1, -0.05) is 0 Å². The molecule has 2 aromatic heterocycles. The van der Waals surface area contributed by atoms with Crippen LogP contribution in [-0.4, -0.2) is 79.2 Å². The van der Waals surface area contributed by atoms with Crippen molar-refractivity contribution in [2.24, 2.45) is 0 Å². The molecule has 0 atom stereocenters. The van der Waals surface area contributed by atoms with Gasteiger partial charge in [0, 0.05) is 62.0 Å². The molecule has 2 aliphatic heterocycles. The van der Waals surface area contributed by atoms with Crippen LogP contribution in [0.3, 0.4) is 0 Å². The first-order valence-electron chi connectivity index (χ1n) is 9.47. The third-order valence-corrected chi connectivity index (χ3v) is 8.63. The number of carbonyl (C=O) groups is 1. The Kier molecular flexibility index (Phi) is 5.87. The largest absolute Gasteiger partial charge is 0.336 e. The smallest absolute Gasteiger partial charge is 0.257 e. The van der Waals surface area contributed by atoms with Crippen molar-refractivity contribution < 1.29 is 13.2 Å². The van der Waals surface area contributed by atoms with Gasteiger partial charge in [-0.05, 0) is 29.9 Å².